The monoisotopic (exact) mass is 459 g/mol. The lowest BCUT2D eigenvalue weighted by Gasteiger charge is -2.44. The number of piperidine rings is 1. The Morgan fingerprint density at radius 2 is 1.71 bits per heavy atom. The summed E-state index contributed by atoms with van der Waals surface area (Å²) in [6, 6.07) is 21.3. The number of carbonyl (C=O) groups excluding carboxylic acids is 1. The maximum absolute atomic E-state index is 14.5. The summed E-state index contributed by atoms with van der Waals surface area (Å²) in [5.41, 5.74) is 4.71. The van der Waals surface area contributed by atoms with Gasteiger partial charge < -0.3 is 14.5 Å². The van der Waals surface area contributed by atoms with Crippen molar-refractivity contribution in [2.24, 2.45) is 0 Å². The largest absolute Gasteiger partial charge is 0.496 e. The van der Waals surface area contributed by atoms with Crippen LogP contribution in [0.5, 0.6) is 5.75 Å². The minimum atomic E-state index is -0.176. The summed E-state index contributed by atoms with van der Waals surface area (Å²) in [4.78, 5) is 19.8. The van der Waals surface area contributed by atoms with E-state index in [4.69, 9.17) is 4.74 Å². The second kappa shape index (κ2) is 9.37. The zero-order valence-electron chi connectivity index (χ0n) is 19.7. The van der Waals surface area contributed by atoms with E-state index in [2.05, 4.69) is 11.0 Å². The molecule has 1 fully saturated rings. The number of carbonyl (C=O) groups is 1. The Bertz CT molecular complexity index is 1170. The van der Waals surface area contributed by atoms with Crippen molar-refractivity contribution >= 4 is 17.4 Å². The highest BCUT2D eigenvalue weighted by molar-refractivity contribution is 5.95. The number of fused-ring (bicyclic) bond motifs is 1. The van der Waals surface area contributed by atoms with Crippen LogP contribution < -0.4 is 14.5 Å². The molecule has 2 heterocycles. The van der Waals surface area contributed by atoms with Gasteiger partial charge in [0.2, 0.25) is 0 Å². The van der Waals surface area contributed by atoms with Crippen molar-refractivity contribution in [2.45, 2.75) is 38.9 Å². The van der Waals surface area contributed by atoms with Crippen LogP contribution in [0.15, 0.2) is 66.7 Å². The minimum Gasteiger partial charge on any atom is -0.496 e. The molecule has 176 valence electrons. The van der Waals surface area contributed by atoms with Crippen LogP contribution in [0.1, 0.15) is 29.5 Å². The molecule has 2 aliphatic heterocycles. The maximum Gasteiger partial charge on any atom is 0.325 e. The third-order valence-corrected chi connectivity index (χ3v) is 7.03. The quantitative estimate of drug-likeness (QED) is 0.487. The third kappa shape index (κ3) is 4.09. The van der Waals surface area contributed by atoms with Gasteiger partial charge in [-0.05, 0) is 49.1 Å². The average molecular weight is 460 g/mol. The summed E-state index contributed by atoms with van der Waals surface area (Å²) in [6.45, 7) is 4.45. The number of halogens is 1. The molecular formula is C28H30FN3O2. The van der Waals surface area contributed by atoms with E-state index in [1.807, 2.05) is 65.3 Å². The van der Waals surface area contributed by atoms with Crippen molar-refractivity contribution < 1.29 is 13.9 Å². The highest BCUT2D eigenvalue weighted by Crippen LogP contribution is 2.35. The van der Waals surface area contributed by atoms with E-state index < -0.39 is 0 Å². The minimum absolute atomic E-state index is 0.0186. The molecule has 0 N–H and O–H groups in total. The lowest BCUT2D eigenvalue weighted by Crippen LogP contribution is -2.54. The Balaban J connectivity index is 1.38. The average Bonchev–Trinajstić information content (AvgIpc) is 2.86. The van der Waals surface area contributed by atoms with Gasteiger partial charge >= 0.3 is 6.03 Å². The zero-order valence-corrected chi connectivity index (χ0v) is 19.7. The number of hydrogen-bond donors (Lipinski definition) is 0. The normalized spacial score (nSPS) is 16.6. The highest BCUT2D eigenvalue weighted by Gasteiger charge is 2.36. The molecule has 3 aromatic carbocycles. The van der Waals surface area contributed by atoms with Crippen molar-refractivity contribution in [2.75, 3.05) is 30.0 Å². The van der Waals surface area contributed by atoms with Gasteiger partial charge in [-0.1, -0.05) is 48.5 Å². The van der Waals surface area contributed by atoms with Gasteiger partial charge in [-0.2, -0.15) is 0 Å². The Labute approximate surface area is 200 Å². The first kappa shape index (κ1) is 22.3. The molecule has 0 aromatic heterocycles. The first-order valence-corrected chi connectivity index (χ1v) is 11.8. The lowest BCUT2D eigenvalue weighted by molar-refractivity contribution is 0.159. The zero-order chi connectivity index (χ0) is 23.7. The Kier molecular flexibility index (Phi) is 6.14. The second-order valence-corrected chi connectivity index (χ2v) is 9.06. The molecule has 2 aliphatic rings. The van der Waals surface area contributed by atoms with Crippen molar-refractivity contribution in [3.63, 3.8) is 0 Å². The van der Waals surface area contributed by atoms with E-state index in [0.717, 1.165) is 54.1 Å². The van der Waals surface area contributed by atoms with Gasteiger partial charge in [0.05, 0.1) is 25.0 Å². The van der Waals surface area contributed by atoms with Crippen LogP contribution in [0.25, 0.3) is 0 Å². The SMILES string of the molecule is COc1ccccc1CN1C(=O)N(C2CCN(c3c(C)cccc3F)CC2)Cc2ccccc21. The molecule has 0 aliphatic carbocycles. The fourth-order valence-electron chi connectivity index (χ4n) is 5.28. The predicted molar refractivity (Wildman–Crippen MR) is 133 cm³/mol. The summed E-state index contributed by atoms with van der Waals surface area (Å²) < 4.78 is 20.0. The number of aryl methyl sites for hydroxylation is 1. The van der Waals surface area contributed by atoms with E-state index >= 15 is 0 Å². The number of amides is 2. The van der Waals surface area contributed by atoms with Gasteiger partial charge in [0.1, 0.15) is 11.6 Å². The second-order valence-electron chi connectivity index (χ2n) is 9.06. The predicted octanol–water partition coefficient (Wildman–Crippen LogP) is 5.75. The molecule has 0 unspecified atom stereocenters. The molecule has 0 atom stereocenters. The number of ether oxygens (including phenoxy) is 1. The van der Waals surface area contributed by atoms with E-state index in [1.165, 1.54) is 6.07 Å². The van der Waals surface area contributed by atoms with Crippen LogP contribution >= 0.6 is 0 Å². The maximum atomic E-state index is 14.5. The Morgan fingerprint density at radius 3 is 2.47 bits per heavy atom. The van der Waals surface area contributed by atoms with Gasteiger partial charge in [-0.3, -0.25) is 4.90 Å². The standard InChI is InChI=1S/C28H30FN3O2/c1-20-8-7-11-24(29)27(20)30-16-14-23(15-17-30)31-18-21-9-3-5-12-25(21)32(28(31)33)19-22-10-4-6-13-26(22)34-2/h3-13,23H,14-19H2,1-2H3. The van der Waals surface area contributed by atoms with Crippen molar-refractivity contribution in [1.82, 2.24) is 4.90 Å². The first-order valence-electron chi connectivity index (χ1n) is 11.8. The van der Waals surface area contributed by atoms with Gasteiger partial charge in [0, 0.05) is 31.2 Å². The fourth-order valence-corrected chi connectivity index (χ4v) is 5.28. The number of benzene rings is 3. The number of anilines is 2. The Hall–Kier alpha value is -3.54. The molecule has 3 aromatic rings. The molecule has 0 bridgehead atoms. The molecule has 5 nitrogen and oxygen atoms in total. The highest BCUT2D eigenvalue weighted by atomic mass is 19.1. The van der Waals surface area contributed by atoms with Crippen LogP contribution in [0.3, 0.4) is 0 Å². The topological polar surface area (TPSA) is 36.0 Å². The summed E-state index contributed by atoms with van der Waals surface area (Å²) in [5.74, 6) is 0.600. The molecule has 34 heavy (non-hydrogen) atoms. The van der Waals surface area contributed by atoms with Gasteiger partial charge in [-0.15, -0.1) is 0 Å². The molecule has 6 heteroatoms. The molecule has 0 radical (unpaired) electrons. The molecule has 1 saturated heterocycles. The summed E-state index contributed by atoms with van der Waals surface area (Å²) in [6.07, 6.45) is 1.62. The van der Waals surface area contributed by atoms with Gasteiger partial charge in [0.25, 0.3) is 0 Å². The molecule has 0 spiro atoms. The van der Waals surface area contributed by atoms with E-state index in [1.54, 1.807) is 13.2 Å². The molecule has 2 amide bonds. The Morgan fingerprint density at radius 1 is 0.971 bits per heavy atom. The molecular weight excluding hydrogens is 429 g/mol. The number of rotatable bonds is 5. The number of para-hydroxylation sites is 3. The van der Waals surface area contributed by atoms with Crippen molar-refractivity contribution in [3.05, 3.63) is 89.2 Å². The first-order chi connectivity index (χ1) is 16.6. The molecule has 5 rings (SSSR count). The van der Waals surface area contributed by atoms with Crippen LogP contribution in [-0.2, 0) is 13.1 Å². The van der Waals surface area contributed by atoms with Crippen LogP contribution in [-0.4, -0.2) is 37.2 Å². The van der Waals surface area contributed by atoms with Crippen LogP contribution in [0.4, 0.5) is 20.6 Å². The lowest BCUT2D eigenvalue weighted by atomic mass is 9.99. The van der Waals surface area contributed by atoms with E-state index in [-0.39, 0.29) is 17.9 Å². The van der Waals surface area contributed by atoms with E-state index in [0.29, 0.717) is 18.8 Å². The number of urea groups is 1. The third-order valence-electron chi connectivity index (χ3n) is 7.03. The summed E-state index contributed by atoms with van der Waals surface area (Å²) in [5, 5.41) is 0. The number of nitrogens with zero attached hydrogens (tertiary/aromatic N) is 3. The fraction of sp³-hybridized carbons (Fsp3) is 0.321. The molecule has 0 saturated carbocycles. The number of hydrogen-bond acceptors (Lipinski definition) is 3. The van der Waals surface area contributed by atoms with Gasteiger partial charge in [-0.25, -0.2) is 9.18 Å². The van der Waals surface area contributed by atoms with Crippen molar-refractivity contribution in [3.8, 4) is 5.75 Å². The van der Waals surface area contributed by atoms with Crippen LogP contribution in [0, 0.1) is 12.7 Å². The summed E-state index contributed by atoms with van der Waals surface area (Å²) >= 11 is 0. The number of methoxy groups -OCH3 is 1. The van der Waals surface area contributed by atoms with Crippen LogP contribution in [0.2, 0.25) is 0 Å². The van der Waals surface area contributed by atoms with E-state index in [9.17, 15) is 9.18 Å². The van der Waals surface area contributed by atoms with Gasteiger partial charge in [0.15, 0.2) is 0 Å². The smallest absolute Gasteiger partial charge is 0.325 e. The summed E-state index contributed by atoms with van der Waals surface area (Å²) in [7, 11) is 1.65. The van der Waals surface area contributed by atoms with Crippen molar-refractivity contribution in [1.29, 1.82) is 0 Å².